The van der Waals surface area contributed by atoms with E-state index < -0.39 is 10.8 Å². The molecule has 0 aliphatic carbocycles. The van der Waals surface area contributed by atoms with Crippen LogP contribution in [0.4, 0.5) is 5.00 Å². The van der Waals surface area contributed by atoms with Crippen LogP contribution in [0.1, 0.15) is 16.9 Å². The third-order valence-electron chi connectivity index (χ3n) is 3.10. The molecule has 2 rings (SSSR count). The number of aryl methyl sites for hydroxylation is 1. The van der Waals surface area contributed by atoms with Crippen LogP contribution < -0.4 is 10.7 Å². The minimum atomic E-state index is -0.494. The summed E-state index contributed by atoms with van der Waals surface area (Å²) in [4.78, 5) is 33.9. The minimum absolute atomic E-state index is 0.00143. The summed E-state index contributed by atoms with van der Waals surface area (Å²) in [6.45, 7) is -0.185. The van der Waals surface area contributed by atoms with Crippen LogP contribution in [-0.2, 0) is 16.0 Å². The zero-order valence-electron chi connectivity index (χ0n) is 13.2. The van der Waals surface area contributed by atoms with Crippen molar-refractivity contribution >= 4 is 34.4 Å². The monoisotopic (exact) mass is 360 g/mol. The fraction of sp³-hybridized carbons (Fsp3) is 0.188. The van der Waals surface area contributed by atoms with Crippen molar-refractivity contribution in [3.63, 3.8) is 0 Å². The molecule has 0 aliphatic rings. The van der Waals surface area contributed by atoms with Gasteiger partial charge in [0.25, 0.3) is 5.91 Å². The highest BCUT2D eigenvalue weighted by atomic mass is 32.1. The summed E-state index contributed by atoms with van der Waals surface area (Å²) < 4.78 is 0. The number of hydrazone groups is 1. The number of hydrogen-bond donors (Lipinski definition) is 2. The Morgan fingerprint density at radius 2 is 1.92 bits per heavy atom. The molecule has 9 heteroatoms. The third-order valence-corrected chi connectivity index (χ3v) is 4.07. The van der Waals surface area contributed by atoms with Gasteiger partial charge in [0.05, 0.1) is 22.6 Å². The molecule has 1 aromatic carbocycles. The summed E-state index contributed by atoms with van der Waals surface area (Å²) in [5, 5.41) is 16.8. The van der Waals surface area contributed by atoms with Crippen molar-refractivity contribution < 1.29 is 14.5 Å². The van der Waals surface area contributed by atoms with Crippen molar-refractivity contribution in [1.82, 2.24) is 10.7 Å². The average Bonchev–Trinajstić information content (AvgIpc) is 3.08. The van der Waals surface area contributed by atoms with Crippen molar-refractivity contribution in [2.24, 2.45) is 5.10 Å². The van der Waals surface area contributed by atoms with E-state index in [9.17, 15) is 19.7 Å². The quantitative estimate of drug-likeness (QED) is 0.425. The van der Waals surface area contributed by atoms with E-state index in [0.717, 1.165) is 16.9 Å². The molecule has 0 saturated carbocycles. The minimum Gasteiger partial charge on any atom is -0.347 e. The van der Waals surface area contributed by atoms with Crippen LogP contribution in [0, 0.1) is 10.1 Å². The number of benzene rings is 1. The molecule has 0 unspecified atom stereocenters. The fourth-order valence-electron chi connectivity index (χ4n) is 1.89. The molecule has 25 heavy (non-hydrogen) atoms. The first kappa shape index (κ1) is 18.3. The molecule has 0 radical (unpaired) electrons. The Labute approximate surface area is 147 Å². The molecule has 2 aromatic rings. The number of amides is 2. The number of carbonyl (C=O) groups excluding carboxylic acids is 2. The second-order valence-corrected chi connectivity index (χ2v) is 6.08. The smallest absolute Gasteiger partial charge is 0.324 e. The molecule has 0 bridgehead atoms. The van der Waals surface area contributed by atoms with Gasteiger partial charge in [-0.1, -0.05) is 41.7 Å². The van der Waals surface area contributed by atoms with E-state index in [4.69, 9.17) is 0 Å². The van der Waals surface area contributed by atoms with Gasteiger partial charge in [-0.25, -0.2) is 5.43 Å². The molecule has 0 saturated heterocycles. The Hall–Kier alpha value is -3.07. The molecule has 0 atom stereocenters. The third kappa shape index (κ3) is 6.51. The summed E-state index contributed by atoms with van der Waals surface area (Å²) in [6, 6.07) is 12.5. The Balaban J connectivity index is 1.66. The van der Waals surface area contributed by atoms with Crippen LogP contribution in [0.25, 0.3) is 0 Å². The molecule has 1 heterocycles. The van der Waals surface area contributed by atoms with Crippen molar-refractivity contribution in [3.8, 4) is 0 Å². The first-order chi connectivity index (χ1) is 12.0. The highest BCUT2D eigenvalue weighted by Gasteiger charge is 2.08. The number of nitro groups is 1. The van der Waals surface area contributed by atoms with E-state index >= 15 is 0 Å². The predicted octanol–water partition coefficient (Wildman–Crippen LogP) is 1.86. The summed E-state index contributed by atoms with van der Waals surface area (Å²) in [7, 11) is 0. The molecular formula is C16H16N4O4S. The lowest BCUT2D eigenvalue weighted by Crippen LogP contribution is -2.35. The van der Waals surface area contributed by atoms with E-state index in [2.05, 4.69) is 15.8 Å². The molecule has 0 aliphatic heterocycles. The Bertz CT molecular complexity index is 773. The second-order valence-electron chi connectivity index (χ2n) is 4.99. The Morgan fingerprint density at radius 3 is 2.60 bits per heavy atom. The van der Waals surface area contributed by atoms with Gasteiger partial charge in [-0.15, -0.1) is 0 Å². The lowest BCUT2D eigenvalue weighted by Gasteiger charge is -2.04. The van der Waals surface area contributed by atoms with Crippen LogP contribution in [0.2, 0.25) is 0 Å². The first-order valence-corrected chi connectivity index (χ1v) is 8.23. The molecule has 2 N–H and O–H groups in total. The van der Waals surface area contributed by atoms with Gasteiger partial charge in [-0.3, -0.25) is 19.7 Å². The van der Waals surface area contributed by atoms with Crippen LogP contribution in [0.5, 0.6) is 0 Å². The average molecular weight is 360 g/mol. The van der Waals surface area contributed by atoms with E-state index in [0.29, 0.717) is 17.7 Å². The van der Waals surface area contributed by atoms with Crippen molar-refractivity contribution in [1.29, 1.82) is 0 Å². The number of hydrogen-bond acceptors (Lipinski definition) is 6. The maximum Gasteiger partial charge on any atom is 0.324 e. The molecule has 2 amide bonds. The standard InChI is InChI=1S/C16H16N4O4S/c21-14(8-6-12-4-2-1-3-5-12)17-11-15(22)19-18-10-13-7-9-16(25-13)20(23)24/h1-5,7,9-10H,6,8,11H2,(H,17,21)(H,19,22). The fourth-order valence-corrected chi connectivity index (χ4v) is 2.58. The van der Waals surface area contributed by atoms with E-state index in [1.165, 1.54) is 18.3 Å². The molecular weight excluding hydrogens is 344 g/mol. The van der Waals surface area contributed by atoms with Crippen LogP contribution >= 0.6 is 11.3 Å². The van der Waals surface area contributed by atoms with Crippen molar-refractivity contribution in [3.05, 3.63) is 63.0 Å². The van der Waals surface area contributed by atoms with Gasteiger partial charge < -0.3 is 5.32 Å². The summed E-state index contributed by atoms with van der Waals surface area (Å²) in [6.07, 6.45) is 2.20. The van der Waals surface area contributed by atoms with Crippen LogP contribution in [0.3, 0.4) is 0 Å². The van der Waals surface area contributed by atoms with Gasteiger partial charge in [0.2, 0.25) is 5.91 Å². The maximum absolute atomic E-state index is 11.7. The maximum atomic E-state index is 11.7. The number of nitrogens with zero attached hydrogens (tertiary/aromatic N) is 2. The topological polar surface area (TPSA) is 114 Å². The van der Waals surface area contributed by atoms with Gasteiger partial charge in [0.15, 0.2) is 0 Å². The zero-order chi connectivity index (χ0) is 18.1. The normalized spacial score (nSPS) is 10.6. The predicted molar refractivity (Wildman–Crippen MR) is 94.5 cm³/mol. The van der Waals surface area contributed by atoms with Gasteiger partial charge >= 0.3 is 5.00 Å². The molecule has 8 nitrogen and oxygen atoms in total. The van der Waals surface area contributed by atoms with Gasteiger partial charge in [-0.2, -0.15) is 5.10 Å². The van der Waals surface area contributed by atoms with Crippen molar-refractivity contribution in [2.75, 3.05) is 6.54 Å². The highest BCUT2D eigenvalue weighted by molar-refractivity contribution is 7.16. The lowest BCUT2D eigenvalue weighted by atomic mass is 10.1. The Morgan fingerprint density at radius 1 is 1.16 bits per heavy atom. The summed E-state index contributed by atoms with van der Waals surface area (Å²) in [5.74, 6) is -0.702. The van der Waals surface area contributed by atoms with Crippen molar-refractivity contribution in [2.45, 2.75) is 12.8 Å². The zero-order valence-corrected chi connectivity index (χ0v) is 14.0. The van der Waals surface area contributed by atoms with E-state index in [-0.39, 0.29) is 17.5 Å². The van der Waals surface area contributed by atoms with E-state index in [1.807, 2.05) is 30.3 Å². The van der Waals surface area contributed by atoms with Crippen LogP contribution in [-0.4, -0.2) is 29.5 Å². The number of carbonyl (C=O) groups is 2. The van der Waals surface area contributed by atoms with Crippen LogP contribution in [0.15, 0.2) is 47.6 Å². The Kier molecular flexibility index (Phi) is 6.78. The summed E-state index contributed by atoms with van der Waals surface area (Å²) >= 11 is 0.946. The largest absolute Gasteiger partial charge is 0.347 e. The van der Waals surface area contributed by atoms with Gasteiger partial charge in [-0.05, 0) is 18.1 Å². The molecule has 0 spiro atoms. The summed E-state index contributed by atoms with van der Waals surface area (Å²) in [5.41, 5.74) is 3.30. The molecule has 1 aromatic heterocycles. The highest BCUT2D eigenvalue weighted by Crippen LogP contribution is 2.22. The molecule has 0 fully saturated rings. The second kappa shape index (κ2) is 9.28. The molecule has 130 valence electrons. The number of thiophene rings is 1. The first-order valence-electron chi connectivity index (χ1n) is 7.41. The lowest BCUT2D eigenvalue weighted by molar-refractivity contribution is -0.380. The van der Waals surface area contributed by atoms with E-state index in [1.54, 1.807) is 0 Å². The number of nitrogens with one attached hydrogen (secondary N) is 2. The number of rotatable bonds is 8. The van der Waals surface area contributed by atoms with Gasteiger partial charge in [0.1, 0.15) is 0 Å². The van der Waals surface area contributed by atoms with Gasteiger partial charge in [0, 0.05) is 12.5 Å². The SMILES string of the molecule is O=C(CCc1ccccc1)NCC(=O)NN=Cc1ccc([N+](=O)[O-])s1.